The first kappa shape index (κ1) is 21.1. The van der Waals surface area contributed by atoms with E-state index in [4.69, 9.17) is 20.8 Å². The highest BCUT2D eigenvalue weighted by atomic mass is 35.5. The number of rotatable bonds is 4. The molecule has 0 aliphatic carbocycles. The number of sulfone groups is 1. The molecule has 162 valence electrons. The first-order valence-electron chi connectivity index (χ1n) is 9.81. The maximum Gasteiger partial charge on any atom is 0.336 e. The van der Waals surface area contributed by atoms with Gasteiger partial charge < -0.3 is 14.1 Å². The summed E-state index contributed by atoms with van der Waals surface area (Å²) in [7, 11) is -2.92. The van der Waals surface area contributed by atoms with E-state index in [1.165, 1.54) is 12.1 Å². The van der Waals surface area contributed by atoms with E-state index in [9.17, 15) is 18.0 Å². The second-order valence-corrected chi connectivity index (χ2v) is 10.4. The number of aryl methyl sites for hydroxylation is 1. The molecule has 0 radical (unpaired) electrons. The third-order valence-electron chi connectivity index (χ3n) is 5.75. The van der Waals surface area contributed by atoms with E-state index in [-0.39, 0.29) is 35.8 Å². The average Bonchev–Trinajstić information content (AvgIpc) is 3.06. The van der Waals surface area contributed by atoms with Gasteiger partial charge in [-0.3, -0.25) is 9.69 Å². The molecule has 0 N–H and O–H groups in total. The molecule has 30 heavy (non-hydrogen) atoms. The molecular weight excluding hydrogens is 432 g/mol. The SMILES string of the molecule is Cc1cc(=O)oc2cc(OCC(=O)N3CCN(C4CCS(=O)(=O)C4)CC3)c(Cl)cc12. The van der Waals surface area contributed by atoms with Crippen LogP contribution in [0.15, 0.2) is 27.4 Å². The van der Waals surface area contributed by atoms with Gasteiger partial charge in [-0.1, -0.05) is 11.6 Å². The predicted octanol–water partition coefficient (Wildman–Crippen LogP) is 1.46. The van der Waals surface area contributed by atoms with Gasteiger partial charge in [0.1, 0.15) is 11.3 Å². The molecule has 0 spiro atoms. The van der Waals surface area contributed by atoms with E-state index in [2.05, 4.69) is 4.90 Å². The number of hydrogen-bond acceptors (Lipinski definition) is 7. The second-order valence-electron chi connectivity index (χ2n) is 7.79. The molecule has 3 heterocycles. The topological polar surface area (TPSA) is 97.1 Å². The zero-order valence-corrected chi connectivity index (χ0v) is 18.2. The summed E-state index contributed by atoms with van der Waals surface area (Å²) < 4.78 is 34.2. The minimum atomic E-state index is -2.92. The van der Waals surface area contributed by atoms with Gasteiger partial charge >= 0.3 is 5.63 Å². The summed E-state index contributed by atoms with van der Waals surface area (Å²) in [5, 5.41) is 1.04. The van der Waals surface area contributed by atoms with Gasteiger partial charge in [0.25, 0.3) is 5.91 Å². The minimum Gasteiger partial charge on any atom is -0.482 e. The molecule has 1 aromatic heterocycles. The molecule has 2 aliphatic rings. The van der Waals surface area contributed by atoms with Crippen LogP contribution in [-0.4, -0.2) is 74.5 Å². The van der Waals surface area contributed by atoms with E-state index in [0.29, 0.717) is 48.6 Å². The van der Waals surface area contributed by atoms with E-state index in [1.807, 2.05) is 0 Å². The third-order valence-corrected chi connectivity index (χ3v) is 7.79. The molecular formula is C20H23ClN2O6S. The minimum absolute atomic E-state index is 0.0537. The Bertz CT molecular complexity index is 1140. The lowest BCUT2D eigenvalue weighted by Gasteiger charge is -2.37. The van der Waals surface area contributed by atoms with E-state index in [1.54, 1.807) is 17.9 Å². The lowest BCUT2D eigenvalue weighted by Crippen LogP contribution is -2.53. The van der Waals surface area contributed by atoms with Crippen LogP contribution in [0.2, 0.25) is 5.02 Å². The molecule has 1 unspecified atom stereocenters. The van der Waals surface area contributed by atoms with Crippen LogP contribution in [0.25, 0.3) is 11.0 Å². The Hall–Kier alpha value is -2.10. The Morgan fingerprint density at radius 1 is 1.23 bits per heavy atom. The number of amides is 1. The van der Waals surface area contributed by atoms with Crippen LogP contribution in [0.4, 0.5) is 0 Å². The number of benzene rings is 1. The van der Waals surface area contributed by atoms with E-state index < -0.39 is 15.5 Å². The number of halogens is 1. The molecule has 2 aliphatic heterocycles. The maximum atomic E-state index is 12.6. The molecule has 1 amide bonds. The Balaban J connectivity index is 1.35. The summed E-state index contributed by atoms with van der Waals surface area (Å²) in [5.74, 6) is 0.563. The Kier molecular flexibility index (Phi) is 5.78. The molecule has 0 bridgehead atoms. The van der Waals surface area contributed by atoms with Crippen molar-refractivity contribution in [1.82, 2.24) is 9.80 Å². The molecule has 0 saturated carbocycles. The highest BCUT2D eigenvalue weighted by Crippen LogP contribution is 2.31. The van der Waals surface area contributed by atoms with Crippen molar-refractivity contribution in [3.8, 4) is 5.75 Å². The van der Waals surface area contributed by atoms with Crippen LogP contribution in [0, 0.1) is 6.92 Å². The molecule has 10 heteroatoms. The molecule has 1 aromatic carbocycles. The van der Waals surface area contributed by atoms with Crippen molar-refractivity contribution in [2.75, 3.05) is 44.3 Å². The molecule has 4 rings (SSSR count). The van der Waals surface area contributed by atoms with E-state index >= 15 is 0 Å². The number of hydrogen-bond donors (Lipinski definition) is 0. The van der Waals surface area contributed by atoms with Crippen LogP contribution >= 0.6 is 11.6 Å². The van der Waals surface area contributed by atoms with Crippen molar-refractivity contribution >= 4 is 38.3 Å². The van der Waals surface area contributed by atoms with Crippen molar-refractivity contribution < 1.29 is 22.4 Å². The summed E-state index contributed by atoms with van der Waals surface area (Å²) in [5.41, 5.74) is 0.642. The monoisotopic (exact) mass is 454 g/mol. The molecule has 2 saturated heterocycles. The smallest absolute Gasteiger partial charge is 0.336 e. The van der Waals surface area contributed by atoms with Crippen LogP contribution in [0.1, 0.15) is 12.0 Å². The number of carbonyl (C=O) groups excluding carboxylic acids is 1. The standard InChI is InChI=1S/C20H23ClN2O6S/c1-13-8-20(25)29-17-10-18(16(21)9-15(13)17)28-11-19(24)23-5-3-22(4-6-23)14-2-7-30(26,27)12-14/h8-10,14H,2-7,11-12H2,1H3. The van der Waals surface area contributed by atoms with E-state index in [0.717, 1.165) is 5.56 Å². The fraction of sp³-hybridized carbons (Fsp3) is 0.500. The summed E-state index contributed by atoms with van der Waals surface area (Å²) >= 11 is 6.27. The third kappa shape index (κ3) is 4.48. The molecule has 2 fully saturated rings. The largest absolute Gasteiger partial charge is 0.482 e. The summed E-state index contributed by atoms with van der Waals surface area (Å²) in [6, 6.07) is 4.63. The van der Waals surface area contributed by atoms with Gasteiger partial charge in [-0.2, -0.15) is 0 Å². The van der Waals surface area contributed by atoms with Gasteiger partial charge in [0, 0.05) is 49.7 Å². The fourth-order valence-corrected chi connectivity index (χ4v) is 6.04. The quantitative estimate of drug-likeness (QED) is 0.645. The normalized spacial score (nSPS) is 21.8. The van der Waals surface area contributed by atoms with Crippen LogP contribution in [-0.2, 0) is 14.6 Å². The fourth-order valence-electron chi connectivity index (χ4n) is 4.06. The van der Waals surface area contributed by atoms with Crippen LogP contribution in [0.5, 0.6) is 5.75 Å². The molecule has 8 nitrogen and oxygen atoms in total. The average molecular weight is 455 g/mol. The van der Waals surface area contributed by atoms with Crippen molar-refractivity contribution in [1.29, 1.82) is 0 Å². The first-order valence-corrected chi connectivity index (χ1v) is 12.0. The molecule has 2 aromatic rings. The number of nitrogens with zero attached hydrogens (tertiary/aromatic N) is 2. The first-order chi connectivity index (χ1) is 14.2. The van der Waals surface area contributed by atoms with Crippen molar-refractivity contribution in [3.05, 3.63) is 39.2 Å². The van der Waals surface area contributed by atoms with Crippen LogP contribution in [0.3, 0.4) is 0 Å². The predicted molar refractivity (Wildman–Crippen MR) is 113 cm³/mol. The zero-order chi connectivity index (χ0) is 21.5. The van der Waals surface area contributed by atoms with Crippen molar-refractivity contribution in [2.45, 2.75) is 19.4 Å². The van der Waals surface area contributed by atoms with Gasteiger partial charge in [-0.05, 0) is 25.0 Å². The summed E-state index contributed by atoms with van der Waals surface area (Å²) in [6.45, 7) is 3.95. The van der Waals surface area contributed by atoms with Gasteiger partial charge in [-0.15, -0.1) is 0 Å². The summed E-state index contributed by atoms with van der Waals surface area (Å²) in [6.07, 6.45) is 0.662. The molecule has 1 atom stereocenters. The number of fused-ring (bicyclic) bond motifs is 1. The maximum absolute atomic E-state index is 12.6. The summed E-state index contributed by atoms with van der Waals surface area (Å²) in [4.78, 5) is 28.0. The number of ether oxygens (including phenoxy) is 1. The Morgan fingerprint density at radius 2 is 1.97 bits per heavy atom. The Labute approximate surface area is 179 Å². The van der Waals surface area contributed by atoms with Crippen molar-refractivity contribution in [2.24, 2.45) is 0 Å². The van der Waals surface area contributed by atoms with Crippen molar-refractivity contribution in [3.63, 3.8) is 0 Å². The highest BCUT2D eigenvalue weighted by molar-refractivity contribution is 7.91. The van der Waals surface area contributed by atoms with Gasteiger partial charge in [-0.25, -0.2) is 13.2 Å². The highest BCUT2D eigenvalue weighted by Gasteiger charge is 2.34. The van der Waals surface area contributed by atoms with Gasteiger partial charge in [0.05, 0.1) is 16.5 Å². The Morgan fingerprint density at radius 3 is 2.63 bits per heavy atom. The zero-order valence-electron chi connectivity index (χ0n) is 16.6. The van der Waals surface area contributed by atoms with Gasteiger partial charge in [0.15, 0.2) is 16.4 Å². The number of carbonyl (C=O) groups is 1. The number of piperazine rings is 1. The lowest BCUT2D eigenvalue weighted by molar-refractivity contribution is -0.135. The lowest BCUT2D eigenvalue weighted by atomic mass is 10.1. The van der Waals surface area contributed by atoms with Crippen LogP contribution < -0.4 is 10.4 Å². The van der Waals surface area contributed by atoms with Gasteiger partial charge in [0.2, 0.25) is 0 Å². The second kappa shape index (κ2) is 8.20.